The van der Waals surface area contributed by atoms with Crippen LogP contribution >= 0.6 is 0 Å². The van der Waals surface area contributed by atoms with Crippen LogP contribution in [0.2, 0.25) is 0 Å². The van der Waals surface area contributed by atoms with Gasteiger partial charge in [0.05, 0.1) is 23.4 Å². The van der Waals surface area contributed by atoms with E-state index in [9.17, 15) is 14.4 Å². The van der Waals surface area contributed by atoms with E-state index in [-0.39, 0.29) is 23.5 Å². The summed E-state index contributed by atoms with van der Waals surface area (Å²) < 4.78 is 0. The third-order valence-electron chi connectivity index (χ3n) is 6.30. The van der Waals surface area contributed by atoms with Gasteiger partial charge in [0, 0.05) is 12.3 Å². The summed E-state index contributed by atoms with van der Waals surface area (Å²) in [6.45, 7) is 2.01. The minimum atomic E-state index is -0.548. The van der Waals surface area contributed by atoms with Crippen LogP contribution in [0.3, 0.4) is 0 Å². The smallest absolute Gasteiger partial charge is 0.238 e. The topological polar surface area (TPSA) is 54.5 Å². The first-order valence-electron chi connectivity index (χ1n) is 9.20. The first kappa shape index (κ1) is 15.5. The maximum atomic E-state index is 13.3. The van der Waals surface area contributed by atoms with Crippen molar-refractivity contribution in [1.29, 1.82) is 0 Å². The number of hydrogen-bond acceptors (Lipinski definition) is 3. The van der Waals surface area contributed by atoms with E-state index < -0.39 is 17.8 Å². The van der Waals surface area contributed by atoms with E-state index in [0.717, 1.165) is 23.1 Å². The third-order valence-corrected chi connectivity index (χ3v) is 6.30. The molecule has 4 aliphatic rings. The van der Waals surface area contributed by atoms with E-state index in [2.05, 4.69) is 0 Å². The number of benzene rings is 2. The number of hydrogen-bond donors (Lipinski definition) is 0. The van der Waals surface area contributed by atoms with Gasteiger partial charge in [-0.15, -0.1) is 0 Å². The number of carbonyl (C=O) groups is 3. The molecule has 0 radical (unpaired) electrons. The summed E-state index contributed by atoms with van der Waals surface area (Å²) >= 11 is 0. The van der Waals surface area contributed by atoms with E-state index in [1.165, 1.54) is 4.90 Å². The molecule has 0 N–H and O–H groups in total. The zero-order chi connectivity index (χ0) is 18.0. The molecule has 2 aromatic rings. The molecule has 2 aromatic carbocycles. The number of carbonyl (C=O) groups excluding carboxylic acids is 3. The highest BCUT2D eigenvalue weighted by atomic mass is 16.2. The Kier molecular flexibility index (Phi) is 3.20. The molecule has 2 fully saturated rings. The predicted octanol–water partition coefficient (Wildman–Crippen LogP) is 3.21. The van der Waals surface area contributed by atoms with E-state index in [4.69, 9.17) is 0 Å². The Labute approximate surface area is 151 Å². The summed E-state index contributed by atoms with van der Waals surface area (Å²) in [7, 11) is 0. The van der Waals surface area contributed by atoms with Crippen molar-refractivity contribution in [2.75, 3.05) is 4.90 Å². The normalized spacial score (nSPS) is 29.1. The molecule has 1 aliphatic heterocycles. The van der Waals surface area contributed by atoms with E-state index >= 15 is 0 Å². The van der Waals surface area contributed by atoms with Gasteiger partial charge in [-0.05, 0) is 29.2 Å². The standard InChI is InChI=1S/C22H19NO3/c1-2-12-7-3-6-10-16(12)23-21(25)19-15-11-17(24)18(20(19)22(23)26)14-9-5-4-8-13(14)15/h3-10,15,18-20H,2,11H2,1H3/t15-,18-,19-,20+/m1/s1. The van der Waals surface area contributed by atoms with Gasteiger partial charge in [-0.25, -0.2) is 4.90 Å². The molecule has 26 heavy (non-hydrogen) atoms. The second kappa shape index (κ2) is 5.37. The summed E-state index contributed by atoms with van der Waals surface area (Å²) in [6, 6.07) is 15.4. The quantitative estimate of drug-likeness (QED) is 0.786. The van der Waals surface area contributed by atoms with Crippen molar-refractivity contribution in [3.8, 4) is 0 Å². The minimum Gasteiger partial charge on any atom is -0.299 e. The number of fused-ring (bicyclic) bond motifs is 1. The fourth-order valence-electron chi connectivity index (χ4n) is 5.22. The predicted molar refractivity (Wildman–Crippen MR) is 96.8 cm³/mol. The lowest BCUT2D eigenvalue weighted by atomic mass is 9.56. The van der Waals surface area contributed by atoms with Crippen LogP contribution in [0.5, 0.6) is 0 Å². The molecule has 2 amide bonds. The van der Waals surface area contributed by atoms with Gasteiger partial charge >= 0.3 is 0 Å². The van der Waals surface area contributed by atoms with Crippen LogP contribution in [0.25, 0.3) is 0 Å². The van der Waals surface area contributed by atoms with Gasteiger partial charge in [-0.3, -0.25) is 14.4 Å². The van der Waals surface area contributed by atoms with Crippen LogP contribution in [0, 0.1) is 11.8 Å². The maximum Gasteiger partial charge on any atom is 0.238 e. The summed E-state index contributed by atoms with van der Waals surface area (Å²) in [4.78, 5) is 40.7. The van der Waals surface area contributed by atoms with Crippen molar-refractivity contribution >= 4 is 23.3 Å². The van der Waals surface area contributed by atoms with Gasteiger partial charge in [0.25, 0.3) is 0 Å². The number of nitrogens with zero attached hydrogens (tertiary/aromatic N) is 1. The van der Waals surface area contributed by atoms with Gasteiger partial charge in [-0.2, -0.15) is 0 Å². The van der Waals surface area contributed by atoms with Crippen LogP contribution < -0.4 is 4.90 Å². The highest BCUT2D eigenvalue weighted by Gasteiger charge is 2.62. The van der Waals surface area contributed by atoms with E-state index in [0.29, 0.717) is 12.1 Å². The van der Waals surface area contributed by atoms with Crippen molar-refractivity contribution in [2.24, 2.45) is 11.8 Å². The lowest BCUT2D eigenvalue weighted by Gasteiger charge is -2.43. The Morgan fingerprint density at radius 3 is 2.31 bits per heavy atom. The molecule has 6 rings (SSSR count). The molecule has 4 heteroatoms. The van der Waals surface area contributed by atoms with Crippen molar-refractivity contribution in [1.82, 2.24) is 0 Å². The Morgan fingerprint density at radius 2 is 1.54 bits per heavy atom. The van der Waals surface area contributed by atoms with E-state index in [1.54, 1.807) is 0 Å². The van der Waals surface area contributed by atoms with E-state index in [1.807, 2.05) is 55.5 Å². The first-order valence-corrected chi connectivity index (χ1v) is 9.20. The Bertz CT molecular complexity index is 963. The van der Waals surface area contributed by atoms with Crippen LogP contribution in [-0.2, 0) is 20.8 Å². The van der Waals surface area contributed by atoms with Gasteiger partial charge in [0.1, 0.15) is 5.78 Å². The summed E-state index contributed by atoms with van der Waals surface area (Å²) in [5, 5.41) is 0. The molecule has 1 saturated carbocycles. The number of anilines is 1. The molecule has 1 saturated heterocycles. The van der Waals surface area contributed by atoms with Gasteiger partial charge in [0.2, 0.25) is 11.8 Å². The number of Topliss-reactive ketones (excluding diaryl/α,β-unsaturated/α-hetero) is 1. The molecule has 4 nitrogen and oxygen atoms in total. The zero-order valence-corrected chi connectivity index (χ0v) is 14.5. The zero-order valence-electron chi connectivity index (χ0n) is 14.5. The number of aryl methyl sites for hydroxylation is 1. The number of rotatable bonds is 2. The van der Waals surface area contributed by atoms with Crippen molar-refractivity contribution in [2.45, 2.75) is 31.6 Å². The Hall–Kier alpha value is -2.75. The van der Waals surface area contributed by atoms with Gasteiger partial charge < -0.3 is 0 Å². The molecule has 130 valence electrons. The average molecular weight is 345 g/mol. The molecule has 3 aliphatic carbocycles. The molecule has 0 aromatic heterocycles. The van der Waals surface area contributed by atoms with Crippen LogP contribution in [0.4, 0.5) is 5.69 Å². The van der Waals surface area contributed by atoms with Crippen molar-refractivity contribution < 1.29 is 14.4 Å². The lowest BCUT2D eigenvalue weighted by molar-refractivity contribution is -0.134. The fourth-order valence-corrected chi connectivity index (χ4v) is 5.22. The lowest BCUT2D eigenvalue weighted by Crippen LogP contribution is -2.44. The highest BCUT2D eigenvalue weighted by molar-refractivity contribution is 6.25. The van der Waals surface area contributed by atoms with Crippen LogP contribution in [-0.4, -0.2) is 17.6 Å². The molecule has 0 unspecified atom stereocenters. The highest BCUT2D eigenvalue weighted by Crippen LogP contribution is 2.57. The SMILES string of the molecule is CCc1ccccc1N1C(=O)[C@@H]2[C@H](C1=O)[C@@H]1CC(=O)[C@H]2c2ccccc21. The molecular weight excluding hydrogens is 326 g/mol. The monoisotopic (exact) mass is 345 g/mol. The van der Waals surface area contributed by atoms with Crippen LogP contribution in [0.1, 0.15) is 41.9 Å². The van der Waals surface area contributed by atoms with Gasteiger partial charge in [-0.1, -0.05) is 49.4 Å². The number of para-hydroxylation sites is 1. The summed E-state index contributed by atoms with van der Waals surface area (Å²) in [5.41, 5.74) is 3.67. The Balaban J connectivity index is 1.67. The molecule has 2 bridgehead atoms. The van der Waals surface area contributed by atoms with Crippen molar-refractivity contribution in [3.63, 3.8) is 0 Å². The fraction of sp³-hybridized carbons (Fsp3) is 0.318. The molecule has 0 spiro atoms. The number of imide groups is 1. The summed E-state index contributed by atoms with van der Waals surface area (Å²) in [5.74, 6) is -1.86. The Morgan fingerprint density at radius 1 is 0.885 bits per heavy atom. The minimum absolute atomic E-state index is 0.0988. The number of amides is 2. The second-order valence-electron chi connectivity index (χ2n) is 7.43. The molecular formula is C22H19NO3. The first-order chi connectivity index (χ1) is 12.6. The van der Waals surface area contributed by atoms with Crippen LogP contribution in [0.15, 0.2) is 48.5 Å². The maximum absolute atomic E-state index is 13.3. The molecule has 1 heterocycles. The molecule has 4 atom stereocenters. The van der Waals surface area contributed by atoms with Gasteiger partial charge in [0.15, 0.2) is 0 Å². The summed E-state index contributed by atoms with van der Waals surface area (Å²) in [6.07, 6.45) is 1.11. The average Bonchev–Trinajstić information content (AvgIpc) is 2.93. The third kappa shape index (κ3) is 1.82. The second-order valence-corrected chi connectivity index (χ2v) is 7.43. The number of ketones is 1. The largest absolute Gasteiger partial charge is 0.299 e. The van der Waals surface area contributed by atoms with Crippen molar-refractivity contribution in [3.05, 3.63) is 65.2 Å².